The Labute approximate surface area is 160 Å². The molecule has 0 aliphatic heterocycles. The Morgan fingerprint density at radius 2 is 1.96 bits per heavy atom. The van der Waals surface area contributed by atoms with E-state index in [1.165, 1.54) is 12.1 Å². The first-order valence-corrected chi connectivity index (χ1v) is 8.44. The van der Waals surface area contributed by atoms with Gasteiger partial charge in [0.05, 0.1) is 11.5 Å². The Bertz CT molecular complexity index is 893. The van der Waals surface area contributed by atoms with Gasteiger partial charge in [-0.3, -0.25) is 4.79 Å². The molecule has 0 heterocycles. The second kappa shape index (κ2) is 8.71. The van der Waals surface area contributed by atoms with Crippen LogP contribution in [0.25, 0.3) is 5.70 Å². The standard InChI is InChI=1S/C20H21F3N4O/c1-12(26)17-6-5-16(10-14(17)11-25)27-19(28)18(7-8-24)13-3-2-4-15(9-13)20(21,22)23/h2-6,9-11,18,25H,1,7-8,24,26H2,(H,27,28). The fraction of sp³-hybridized carbons (Fsp3) is 0.200. The number of nitrogens with one attached hydrogen (secondary N) is 2. The van der Waals surface area contributed by atoms with Crippen LogP contribution in [0.3, 0.4) is 0 Å². The van der Waals surface area contributed by atoms with E-state index in [1.807, 2.05) is 0 Å². The summed E-state index contributed by atoms with van der Waals surface area (Å²) >= 11 is 0. The molecule has 0 radical (unpaired) electrons. The zero-order valence-corrected chi connectivity index (χ0v) is 15.0. The van der Waals surface area contributed by atoms with Gasteiger partial charge in [0.2, 0.25) is 5.91 Å². The van der Waals surface area contributed by atoms with Crippen molar-refractivity contribution >= 4 is 23.5 Å². The highest BCUT2D eigenvalue weighted by Crippen LogP contribution is 2.32. The molecule has 0 saturated heterocycles. The molecule has 1 amide bonds. The number of amides is 1. The quantitative estimate of drug-likeness (QED) is 0.542. The first-order valence-electron chi connectivity index (χ1n) is 8.44. The molecule has 8 heteroatoms. The van der Waals surface area contributed by atoms with Gasteiger partial charge in [0.1, 0.15) is 0 Å². The number of carbonyl (C=O) groups excluding carboxylic acids is 1. The summed E-state index contributed by atoms with van der Waals surface area (Å²) in [5.74, 6) is -1.33. The van der Waals surface area contributed by atoms with Crippen molar-refractivity contribution in [1.29, 1.82) is 5.41 Å². The summed E-state index contributed by atoms with van der Waals surface area (Å²) in [6.45, 7) is 3.76. The Balaban J connectivity index is 2.31. The lowest BCUT2D eigenvalue weighted by Gasteiger charge is -2.18. The van der Waals surface area contributed by atoms with Crippen LogP contribution in [0.4, 0.5) is 18.9 Å². The molecule has 0 bridgehead atoms. The molecule has 2 aromatic rings. The minimum atomic E-state index is -4.50. The van der Waals surface area contributed by atoms with E-state index < -0.39 is 23.6 Å². The Hall–Kier alpha value is -3.13. The number of alkyl halides is 3. The van der Waals surface area contributed by atoms with E-state index >= 15 is 0 Å². The summed E-state index contributed by atoms with van der Waals surface area (Å²) in [6, 6.07) is 9.40. The summed E-state index contributed by atoms with van der Waals surface area (Å²) < 4.78 is 39.0. The van der Waals surface area contributed by atoms with Gasteiger partial charge in [0.15, 0.2) is 0 Å². The maximum atomic E-state index is 13.0. The number of hydrogen-bond donors (Lipinski definition) is 4. The molecule has 0 aliphatic rings. The average Bonchev–Trinajstić information content (AvgIpc) is 2.65. The summed E-state index contributed by atoms with van der Waals surface area (Å²) in [4.78, 5) is 12.7. The summed E-state index contributed by atoms with van der Waals surface area (Å²) in [5.41, 5.74) is 12.3. The zero-order chi connectivity index (χ0) is 20.9. The van der Waals surface area contributed by atoms with Crippen LogP contribution < -0.4 is 16.8 Å². The topological polar surface area (TPSA) is 105 Å². The molecular formula is C20H21F3N4O. The number of nitrogens with two attached hydrogens (primary N) is 2. The van der Waals surface area contributed by atoms with Crippen molar-refractivity contribution in [1.82, 2.24) is 0 Å². The van der Waals surface area contributed by atoms with Gasteiger partial charge in [0.25, 0.3) is 0 Å². The number of anilines is 1. The Kier molecular flexibility index (Phi) is 6.58. The molecule has 0 saturated carbocycles. The molecule has 0 fully saturated rings. The third-order valence-corrected chi connectivity index (χ3v) is 4.21. The average molecular weight is 390 g/mol. The second-order valence-electron chi connectivity index (χ2n) is 6.21. The maximum Gasteiger partial charge on any atom is 0.416 e. The van der Waals surface area contributed by atoms with E-state index in [2.05, 4.69) is 11.9 Å². The molecule has 0 spiro atoms. The number of carbonyl (C=O) groups is 1. The Morgan fingerprint density at radius 1 is 1.25 bits per heavy atom. The Morgan fingerprint density at radius 3 is 2.54 bits per heavy atom. The van der Waals surface area contributed by atoms with Crippen molar-refractivity contribution in [3.05, 3.63) is 71.3 Å². The van der Waals surface area contributed by atoms with Gasteiger partial charge < -0.3 is 22.2 Å². The molecule has 5 nitrogen and oxygen atoms in total. The van der Waals surface area contributed by atoms with Crippen molar-refractivity contribution in [2.24, 2.45) is 11.5 Å². The summed E-state index contributed by atoms with van der Waals surface area (Å²) in [7, 11) is 0. The largest absolute Gasteiger partial charge is 0.416 e. The zero-order valence-electron chi connectivity index (χ0n) is 15.0. The van der Waals surface area contributed by atoms with Gasteiger partial charge in [-0.25, -0.2) is 0 Å². The lowest BCUT2D eigenvalue weighted by atomic mass is 9.93. The highest BCUT2D eigenvalue weighted by atomic mass is 19.4. The predicted molar refractivity (Wildman–Crippen MR) is 104 cm³/mol. The smallest absolute Gasteiger partial charge is 0.399 e. The molecule has 2 rings (SSSR count). The van der Waals surface area contributed by atoms with Gasteiger partial charge in [-0.15, -0.1) is 0 Å². The minimum absolute atomic E-state index is 0.131. The number of benzene rings is 2. The number of halogens is 3. The van der Waals surface area contributed by atoms with Gasteiger partial charge in [0, 0.05) is 28.7 Å². The third kappa shape index (κ3) is 4.98. The van der Waals surface area contributed by atoms with E-state index in [0.29, 0.717) is 16.8 Å². The van der Waals surface area contributed by atoms with Crippen molar-refractivity contribution in [3.8, 4) is 0 Å². The van der Waals surface area contributed by atoms with Crippen molar-refractivity contribution in [2.75, 3.05) is 11.9 Å². The normalized spacial score (nSPS) is 12.3. The van der Waals surface area contributed by atoms with E-state index in [9.17, 15) is 18.0 Å². The van der Waals surface area contributed by atoms with Crippen LogP contribution >= 0.6 is 0 Å². The monoisotopic (exact) mass is 390 g/mol. The first-order chi connectivity index (χ1) is 13.2. The van der Waals surface area contributed by atoms with E-state index in [-0.39, 0.29) is 24.2 Å². The van der Waals surface area contributed by atoms with Crippen LogP contribution in [0.1, 0.15) is 34.6 Å². The fourth-order valence-corrected chi connectivity index (χ4v) is 2.83. The van der Waals surface area contributed by atoms with Crippen LogP contribution in [0.5, 0.6) is 0 Å². The van der Waals surface area contributed by atoms with Gasteiger partial charge >= 0.3 is 6.18 Å². The van der Waals surface area contributed by atoms with Gasteiger partial charge in [-0.05, 0) is 36.7 Å². The number of hydrogen-bond acceptors (Lipinski definition) is 4. The van der Waals surface area contributed by atoms with Crippen LogP contribution in [-0.4, -0.2) is 18.7 Å². The van der Waals surface area contributed by atoms with Gasteiger partial charge in [-0.1, -0.05) is 30.8 Å². The lowest BCUT2D eigenvalue weighted by Crippen LogP contribution is -2.24. The molecular weight excluding hydrogens is 369 g/mol. The van der Waals surface area contributed by atoms with Crippen LogP contribution in [0, 0.1) is 5.41 Å². The van der Waals surface area contributed by atoms with Crippen molar-refractivity contribution in [3.63, 3.8) is 0 Å². The fourth-order valence-electron chi connectivity index (χ4n) is 2.83. The molecule has 148 valence electrons. The second-order valence-corrected chi connectivity index (χ2v) is 6.21. The minimum Gasteiger partial charge on any atom is -0.399 e. The molecule has 2 aromatic carbocycles. The molecule has 1 unspecified atom stereocenters. The van der Waals surface area contributed by atoms with Crippen LogP contribution in [0.2, 0.25) is 0 Å². The van der Waals surface area contributed by atoms with E-state index in [0.717, 1.165) is 18.3 Å². The molecule has 0 aromatic heterocycles. The molecule has 6 N–H and O–H groups in total. The summed E-state index contributed by atoms with van der Waals surface area (Å²) in [5, 5.41) is 10.1. The lowest BCUT2D eigenvalue weighted by molar-refractivity contribution is -0.137. The third-order valence-electron chi connectivity index (χ3n) is 4.21. The summed E-state index contributed by atoms with van der Waals surface area (Å²) in [6.07, 6.45) is -3.24. The van der Waals surface area contributed by atoms with Crippen molar-refractivity contribution < 1.29 is 18.0 Å². The van der Waals surface area contributed by atoms with Gasteiger partial charge in [-0.2, -0.15) is 13.2 Å². The first kappa shape index (κ1) is 21.2. The van der Waals surface area contributed by atoms with E-state index in [1.54, 1.807) is 18.2 Å². The van der Waals surface area contributed by atoms with Crippen molar-refractivity contribution in [2.45, 2.75) is 18.5 Å². The van der Waals surface area contributed by atoms with Crippen LogP contribution in [-0.2, 0) is 11.0 Å². The highest BCUT2D eigenvalue weighted by molar-refractivity contribution is 5.97. The predicted octanol–water partition coefficient (Wildman–Crippen LogP) is 3.70. The molecule has 0 aliphatic carbocycles. The highest BCUT2D eigenvalue weighted by Gasteiger charge is 2.31. The van der Waals surface area contributed by atoms with E-state index in [4.69, 9.17) is 16.9 Å². The SMILES string of the molecule is C=C(N)c1ccc(NC(=O)C(CCN)c2cccc(C(F)(F)F)c2)cc1C=N. The molecule has 1 atom stereocenters. The molecule has 28 heavy (non-hydrogen) atoms. The maximum absolute atomic E-state index is 13.0. The number of rotatable bonds is 7. The van der Waals surface area contributed by atoms with Crippen LogP contribution in [0.15, 0.2) is 49.0 Å².